The number of amides is 1. The standard InChI is InChI=1S/C18H23N3OS.2ClH/c1-13-3-5-14(6-4-13)18-20-15(12-23-18)11-17(22)21(2)16-7-9-19-10-8-16;;/h3-6,12,16,19H,7-11H2,1-2H3;2*1H. The molecule has 0 radical (unpaired) electrons. The zero-order valence-electron chi connectivity index (χ0n) is 14.5. The molecule has 0 aliphatic carbocycles. The maximum Gasteiger partial charge on any atom is 0.228 e. The number of hydrogen-bond donors (Lipinski definition) is 1. The average Bonchev–Trinajstić information content (AvgIpc) is 3.04. The molecule has 1 aromatic heterocycles. The van der Waals surface area contributed by atoms with Crippen LogP contribution in [0, 0.1) is 6.92 Å². The molecule has 2 aromatic rings. The number of thiazole rings is 1. The zero-order chi connectivity index (χ0) is 16.2. The van der Waals surface area contributed by atoms with Crippen molar-refractivity contribution in [2.75, 3.05) is 20.1 Å². The molecule has 25 heavy (non-hydrogen) atoms. The highest BCUT2D eigenvalue weighted by Crippen LogP contribution is 2.24. The lowest BCUT2D eigenvalue weighted by Crippen LogP contribution is -2.44. The molecule has 3 rings (SSSR count). The Labute approximate surface area is 165 Å². The summed E-state index contributed by atoms with van der Waals surface area (Å²) < 4.78 is 0. The second kappa shape index (κ2) is 10.1. The summed E-state index contributed by atoms with van der Waals surface area (Å²) in [6.07, 6.45) is 2.46. The van der Waals surface area contributed by atoms with Gasteiger partial charge in [0.25, 0.3) is 0 Å². The molecule has 1 fully saturated rings. The molecule has 138 valence electrons. The fourth-order valence-corrected chi connectivity index (χ4v) is 3.72. The van der Waals surface area contributed by atoms with E-state index in [1.54, 1.807) is 11.3 Å². The molecule has 7 heteroatoms. The van der Waals surface area contributed by atoms with Crippen LogP contribution in [0.3, 0.4) is 0 Å². The molecule has 1 saturated heterocycles. The fraction of sp³-hybridized carbons (Fsp3) is 0.444. The third kappa shape index (κ3) is 5.68. The van der Waals surface area contributed by atoms with Gasteiger partial charge < -0.3 is 10.2 Å². The van der Waals surface area contributed by atoms with Crippen LogP contribution in [0.15, 0.2) is 29.6 Å². The molecule has 4 nitrogen and oxygen atoms in total. The van der Waals surface area contributed by atoms with Crippen LogP contribution in [-0.4, -0.2) is 42.0 Å². The summed E-state index contributed by atoms with van der Waals surface area (Å²) in [6, 6.07) is 8.71. The summed E-state index contributed by atoms with van der Waals surface area (Å²) in [5, 5.41) is 6.32. The lowest BCUT2D eigenvalue weighted by atomic mass is 10.0. The number of halogens is 2. The van der Waals surface area contributed by atoms with Gasteiger partial charge in [-0.3, -0.25) is 4.79 Å². The number of piperidine rings is 1. The number of carbonyl (C=O) groups excluding carboxylic acids is 1. The second-order valence-corrected chi connectivity index (χ2v) is 7.03. The molecule has 1 aliphatic heterocycles. The first kappa shape index (κ1) is 21.9. The van der Waals surface area contributed by atoms with Gasteiger partial charge in [-0.1, -0.05) is 29.8 Å². The lowest BCUT2D eigenvalue weighted by Gasteiger charge is -2.31. The number of nitrogens with one attached hydrogen (secondary N) is 1. The van der Waals surface area contributed by atoms with Crippen molar-refractivity contribution < 1.29 is 4.79 Å². The first-order chi connectivity index (χ1) is 11.1. The van der Waals surface area contributed by atoms with Gasteiger partial charge in [-0.2, -0.15) is 0 Å². The summed E-state index contributed by atoms with van der Waals surface area (Å²) >= 11 is 1.61. The first-order valence-electron chi connectivity index (χ1n) is 8.11. The Balaban J connectivity index is 0.00000156. The van der Waals surface area contributed by atoms with E-state index in [1.807, 2.05) is 17.3 Å². The number of nitrogens with zero attached hydrogens (tertiary/aromatic N) is 2. The van der Waals surface area contributed by atoms with Crippen LogP contribution in [0.2, 0.25) is 0 Å². The van der Waals surface area contributed by atoms with Crippen LogP contribution in [0.4, 0.5) is 0 Å². The van der Waals surface area contributed by atoms with E-state index >= 15 is 0 Å². The van der Waals surface area contributed by atoms with Crippen molar-refractivity contribution in [2.24, 2.45) is 0 Å². The van der Waals surface area contributed by atoms with Gasteiger partial charge in [-0.05, 0) is 32.9 Å². The van der Waals surface area contributed by atoms with Gasteiger partial charge in [0.05, 0.1) is 12.1 Å². The highest BCUT2D eigenvalue weighted by Gasteiger charge is 2.22. The van der Waals surface area contributed by atoms with Crippen molar-refractivity contribution in [3.63, 3.8) is 0 Å². The Morgan fingerprint density at radius 3 is 2.52 bits per heavy atom. The van der Waals surface area contributed by atoms with Crippen molar-refractivity contribution in [3.05, 3.63) is 40.9 Å². The number of likely N-dealkylation sites (N-methyl/N-ethyl adjacent to an activating group) is 1. The quantitative estimate of drug-likeness (QED) is 0.848. The molecule has 0 saturated carbocycles. The van der Waals surface area contributed by atoms with Crippen molar-refractivity contribution in [1.82, 2.24) is 15.2 Å². The molecule has 0 bridgehead atoms. The minimum Gasteiger partial charge on any atom is -0.342 e. The molecule has 0 atom stereocenters. The van der Waals surface area contributed by atoms with E-state index in [0.29, 0.717) is 12.5 Å². The summed E-state index contributed by atoms with van der Waals surface area (Å²) in [6.45, 7) is 4.07. The monoisotopic (exact) mass is 401 g/mol. The van der Waals surface area contributed by atoms with Crippen molar-refractivity contribution >= 4 is 42.1 Å². The Hall–Kier alpha value is -1.14. The Morgan fingerprint density at radius 2 is 1.88 bits per heavy atom. The fourth-order valence-electron chi connectivity index (χ4n) is 2.89. The molecular formula is C18H25Cl2N3OS. The predicted octanol–water partition coefficient (Wildman–Crippen LogP) is 3.72. The highest BCUT2D eigenvalue weighted by molar-refractivity contribution is 7.13. The van der Waals surface area contributed by atoms with Crippen LogP contribution < -0.4 is 5.32 Å². The van der Waals surface area contributed by atoms with E-state index < -0.39 is 0 Å². The SMILES string of the molecule is Cc1ccc(-c2nc(CC(=O)N(C)C3CCNCC3)cs2)cc1.Cl.Cl. The topological polar surface area (TPSA) is 45.2 Å². The van der Waals surface area contributed by atoms with Crippen molar-refractivity contribution in [3.8, 4) is 10.6 Å². The van der Waals surface area contributed by atoms with Crippen molar-refractivity contribution in [2.45, 2.75) is 32.2 Å². The van der Waals surface area contributed by atoms with Gasteiger partial charge >= 0.3 is 0 Å². The van der Waals surface area contributed by atoms with E-state index in [2.05, 4.69) is 41.5 Å². The van der Waals surface area contributed by atoms with E-state index in [-0.39, 0.29) is 30.7 Å². The predicted molar refractivity (Wildman–Crippen MR) is 109 cm³/mol. The van der Waals surface area contributed by atoms with Crippen LogP contribution in [0.5, 0.6) is 0 Å². The van der Waals surface area contributed by atoms with Crippen LogP contribution >= 0.6 is 36.2 Å². The van der Waals surface area contributed by atoms with Gasteiger partial charge in [0.1, 0.15) is 5.01 Å². The number of carbonyl (C=O) groups is 1. The molecule has 1 N–H and O–H groups in total. The third-order valence-corrected chi connectivity index (χ3v) is 5.37. The van der Waals surface area contributed by atoms with E-state index in [9.17, 15) is 4.79 Å². The minimum absolute atomic E-state index is 0. The summed E-state index contributed by atoms with van der Waals surface area (Å²) in [7, 11) is 1.92. The number of aromatic nitrogens is 1. The first-order valence-corrected chi connectivity index (χ1v) is 8.99. The van der Waals surface area contributed by atoms with Crippen LogP contribution in [-0.2, 0) is 11.2 Å². The number of benzene rings is 1. The maximum atomic E-state index is 12.5. The number of rotatable bonds is 4. The van der Waals surface area contributed by atoms with Gasteiger partial charge in [0.15, 0.2) is 0 Å². The second-order valence-electron chi connectivity index (χ2n) is 6.17. The smallest absolute Gasteiger partial charge is 0.228 e. The molecule has 1 amide bonds. The maximum absolute atomic E-state index is 12.5. The number of aryl methyl sites for hydroxylation is 1. The molecule has 2 heterocycles. The van der Waals surface area contributed by atoms with Gasteiger partial charge in [0.2, 0.25) is 5.91 Å². The summed E-state index contributed by atoms with van der Waals surface area (Å²) in [5.41, 5.74) is 3.23. The van der Waals surface area contributed by atoms with Gasteiger partial charge in [0, 0.05) is 24.0 Å². The van der Waals surface area contributed by atoms with Crippen LogP contribution in [0.1, 0.15) is 24.1 Å². The average molecular weight is 402 g/mol. The van der Waals surface area contributed by atoms with Crippen LogP contribution in [0.25, 0.3) is 10.6 Å². The minimum atomic E-state index is 0. The van der Waals surface area contributed by atoms with E-state index in [1.165, 1.54) is 5.56 Å². The Kier molecular flexibility index (Phi) is 8.86. The summed E-state index contributed by atoms with van der Waals surface area (Å²) in [5.74, 6) is 0.164. The van der Waals surface area contributed by atoms with E-state index in [4.69, 9.17) is 0 Å². The largest absolute Gasteiger partial charge is 0.342 e. The molecule has 0 unspecified atom stereocenters. The van der Waals surface area contributed by atoms with Gasteiger partial charge in [-0.15, -0.1) is 36.2 Å². The third-order valence-electron chi connectivity index (χ3n) is 4.43. The Morgan fingerprint density at radius 1 is 1.24 bits per heavy atom. The molecule has 1 aliphatic rings. The zero-order valence-corrected chi connectivity index (χ0v) is 17.0. The normalized spacial score (nSPS) is 14.3. The van der Waals surface area contributed by atoms with Crippen molar-refractivity contribution in [1.29, 1.82) is 0 Å². The molecule has 0 spiro atoms. The van der Waals surface area contributed by atoms with E-state index in [0.717, 1.165) is 42.2 Å². The lowest BCUT2D eigenvalue weighted by molar-refractivity contribution is -0.131. The summed E-state index contributed by atoms with van der Waals surface area (Å²) in [4.78, 5) is 19.0. The van der Waals surface area contributed by atoms with Gasteiger partial charge in [-0.25, -0.2) is 4.98 Å². The number of hydrogen-bond acceptors (Lipinski definition) is 4. The molecular weight excluding hydrogens is 377 g/mol. The molecule has 1 aromatic carbocycles. The Bertz CT molecular complexity index is 669. The highest BCUT2D eigenvalue weighted by atomic mass is 35.5.